The molecule has 11 heteroatoms. The molecule has 0 aromatic heterocycles. The molecule has 2 aromatic carbocycles. The Labute approximate surface area is 240 Å². The predicted octanol–water partition coefficient (Wildman–Crippen LogP) is 1.50. The molecule has 2 fully saturated rings. The van der Waals surface area contributed by atoms with Gasteiger partial charge in [0, 0.05) is 71.9 Å². The fourth-order valence-electron chi connectivity index (χ4n) is 5.96. The monoisotopic (exact) mass is 572 g/mol. The van der Waals surface area contributed by atoms with Crippen LogP contribution in [0.15, 0.2) is 36.4 Å². The van der Waals surface area contributed by atoms with Gasteiger partial charge in [-0.15, -0.1) is 0 Å². The van der Waals surface area contributed by atoms with Gasteiger partial charge in [-0.1, -0.05) is 12.1 Å². The Morgan fingerprint density at radius 3 is 1.29 bits per heavy atom. The first-order valence-corrected chi connectivity index (χ1v) is 14.0. The number of carbonyl (C=O) groups excluding carboxylic acids is 7. The van der Waals surface area contributed by atoms with Gasteiger partial charge in [-0.2, -0.15) is 0 Å². The Kier molecular flexibility index (Phi) is 7.38. The maximum Gasteiger partial charge on any atom is 0.239 e. The molecular formula is C31H28N2O9. The minimum atomic E-state index is -1.51. The van der Waals surface area contributed by atoms with E-state index < -0.39 is 52.6 Å². The Morgan fingerprint density at radius 2 is 0.905 bits per heavy atom. The summed E-state index contributed by atoms with van der Waals surface area (Å²) in [5, 5.41) is 5.53. The van der Waals surface area contributed by atoms with Gasteiger partial charge >= 0.3 is 0 Å². The van der Waals surface area contributed by atoms with E-state index in [0.29, 0.717) is 52.1 Å². The van der Waals surface area contributed by atoms with E-state index in [-0.39, 0.29) is 45.5 Å². The van der Waals surface area contributed by atoms with Gasteiger partial charge in [-0.05, 0) is 49.9 Å². The van der Waals surface area contributed by atoms with Crippen LogP contribution in [0.1, 0.15) is 83.0 Å². The van der Waals surface area contributed by atoms with Crippen molar-refractivity contribution in [2.75, 3.05) is 26.4 Å². The molecule has 2 atom stereocenters. The summed E-state index contributed by atoms with van der Waals surface area (Å²) in [6.07, 6.45) is 2.34. The van der Waals surface area contributed by atoms with Crippen molar-refractivity contribution in [3.05, 3.63) is 69.8 Å². The van der Waals surface area contributed by atoms with Crippen molar-refractivity contribution in [2.24, 2.45) is 11.8 Å². The van der Waals surface area contributed by atoms with Gasteiger partial charge in [0.05, 0.1) is 0 Å². The minimum Gasteiger partial charge on any atom is -0.381 e. The number of fused-ring (bicyclic) bond motifs is 2. The van der Waals surface area contributed by atoms with Crippen LogP contribution in [0.4, 0.5) is 0 Å². The fraction of sp³-hybridized carbons (Fsp3) is 0.387. The summed E-state index contributed by atoms with van der Waals surface area (Å²) < 4.78 is 10.6. The Balaban J connectivity index is 1.19. The normalized spacial score (nSPS) is 22.6. The second-order valence-corrected chi connectivity index (χ2v) is 11.0. The van der Waals surface area contributed by atoms with Crippen LogP contribution in [0, 0.1) is 11.8 Å². The molecule has 11 nitrogen and oxygen atoms in total. The molecule has 0 bridgehead atoms. The zero-order valence-corrected chi connectivity index (χ0v) is 22.6. The molecule has 2 aliphatic heterocycles. The lowest BCUT2D eigenvalue weighted by Crippen LogP contribution is -2.44. The summed E-state index contributed by atoms with van der Waals surface area (Å²) in [7, 11) is 0. The molecule has 2 saturated heterocycles. The van der Waals surface area contributed by atoms with Crippen LogP contribution in [0.25, 0.3) is 0 Å². The third-order valence-electron chi connectivity index (χ3n) is 8.33. The number of ether oxygens (including phenoxy) is 2. The number of amides is 2. The standard InChI is InChI=1S/C31H28N2O9/c34-25(15-1-3-19-21(13-15)28(37)23(26(19)35)30(39)32-17-5-9-41-10-6-17)16-2-4-20-22(14-16)29(38)24(27(20)36)31(40)33-18-7-11-42-12-8-18/h1-4,13-14,17-18,23-24H,5-12H2,(H,32,39)(H,33,40). The molecule has 0 radical (unpaired) electrons. The van der Waals surface area contributed by atoms with Gasteiger partial charge in [-0.3, -0.25) is 33.6 Å². The molecule has 2 aromatic rings. The molecule has 2 heterocycles. The van der Waals surface area contributed by atoms with Crippen molar-refractivity contribution in [1.82, 2.24) is 10.6 Å². The average molecular weight is 573 g/mol. The maximum absolute atomic E-state index is 13.4. The van der Waals surface area contributed by atoms with E-state index in [0.717, 1.165) is 0 Å². The van der Waals surface area contributed by atoms with E-state index in [1.54, 1.807) is 0 Å². The van der Waals surface area contributed by atoms with Crippen LogP contribution < -0.4 is 10.6 Å². The predicted molar refractivity (Wildman–Crippen MR) is 145 cm³/mol. The van der Waals surface area contributed by atoms with Crippen molar-refractivity contribution in [2.45, 2.75) is 37.8 Å². The minimum absolute atomic E-state index is 0.0183. The third-order valence-corrected chi connectivity index (χ3v) is 8.33. The highest BCUT2D eigenvalue weighted by Gasteiger charge is 2.45. The molecule has 0 spiro atoms. The van der Waals surface area contributed by atoms with Gasteiger partial charge in [0.1, 0.15) is 0 Å². The first-order chi connectivity index (χ1) is 20.2. The highest BCUT2D eigenvalue weighted by atomic mass is 16.5. The highest BCUT2D eigenvalue weighted by molar-refractivity contribution is 6.36. The van der Waals surface area contributed by atoms with E-state index in [9.17, 15) is 33.6 Å². The van der Waals surface area contributed by atoms with E-state index in [1.165, 1.54) is 36.4 Å². The van der Waals surface area contributed by atoms with Crippen molar-refractivity contribution in [1.29, 1.82) is 0 Å². The summed E-state index contributed by atoms with van der Waals surface area (Å²) in [4.78, 5) is 91.2. The number of Topliss-reactive ketones (excluding diaryl/α,β-unsaturated/α-hetero) is 4. The molecule has 216 valence electrons. The van der Waals surface area contributed by atoms with Gasteiger partial charge in [0.15, 0.2) is 40.8 Å². The summed E-state index contributed by atoms with van der Waals surface area (Å²) in [5.41, 5.74) is 0.246. The highest BCUT2D eigenvalue weighted by Crippen LogP contribution is 2.31. The Bertz CT molecular complexity index is 1440. The van der Waals surface area contributed by atoms with E-state index in [1.807, 2.05) is 0 Å². The molecule has 2 unspecified atom stereocenters. The van der Waals surface area contributed by atoms with E-state index in [2.05, 4.69) is 10.6 Å². The van der Waals surface area contributed by atoms with Crippen LogP contribution in [-0.2, 0) is 19.1 Å². The van der Waals surface area contributed by atoms with Crippen LogP contribution in [0.2, 0.25) is 0 Å². The van der Waals surface area contributed by atoms with E-state index in [4.69, 9.17) is 9.47 Å². The van der Waals surface area contributed by atoms with Crippen LogP contribution >= 0.6 is 0 Å². The lowest BCUT2D eigenvalue weighted by Gasteiger charge is -2.24. The first kappa shape index (κ1) is 27.8. The van der Waals surface area contributed by atoms with Gasteiger partial charge < -0.3 is 20.1 Å². The first-order valence-electron chi connectivity index (χ1n) is 14.0. The number of nitrogens with one attached hydrogen (secondary N) is 2. The molecule has 2 amide bonds. The molecule has 42 heavy (non-hydrogen) atoms. The number of hydrogen-bond acceptors (Lipinski definition) is 9. The Morgan fingerprint density at radius 1 is 0.548 bits per heavy atom. The van der Waals surface area contributed by atoms with Gasteiger partial charge in [0.25, 0.3) is 0 Å². The fourth-order valence-corrected chi connectivity index (χ4v) is 5.96. The van der Waals surface area contributed by atoms with Crippen molar-refractivity contribution in [3.63, 3.8) is 0 Å². The Hall–Kier alpha value is -4.35. The summed E-state index contributed by atoms with van der Waals surface area (Å²) in [6.45, 7) is 1.93. The number of hydrogen-bond donors (Lipinski definition) is 2. The van der Waals surface area contributed by atoms with Crippen LogP contribution in [0.3, 0.4) is 0 Å². The zero-order chi connectivity index (χ0) is 29.5. The molecular weight excluding hydrogens is 544 g/mol. The van der Waals surface area contributed by atoms with Gasteiger partial charge in [0.2, 0.25) is 11.8 Å². The number of benzene rings is 2. The number of rotatable bonds is 6. The zero-order valence-electron chi connectivity index (χ0n) is 22.6. The summed E-state index contributed by atoms with van der Waals surface area (Å²) in [5.74, 6) is -7.51. The quantitative estimate of drug-likeness (QED) is 0.386. The second kappa shape index (κ2) is 11.1. The second-order valence-electron chi connectivity index (χ2n) is 11.0. The van der Waals surface area contributed by atoms with Crippen molar-refractivity contribution in [3.8, 4) is 0 Å². The number of ketones is 5. The molecule has 2 aliphatic carbocycles. The largest absolute Gasteiger partial charge is 0.381 e. The van der Waals surface area contributed by atoms with Crippen molar-refractivity contribution >= 4 is 40.7 Å². The maximum atomic E-state index is 13.4. The summed E-state index contributed by atoms with van der Waals surface area (Å²) >= 11 is 0. The SMILES string of the molecule is O=C(c1ccc2c(c1)C(=O)C(C(=O)NC1CCOCC1)C2=O)c1ccc2c(c1)C(=O)C(C(=O)NC1CCOCC1)C2=O. The topological polar surface area (TPSA) is 162 Å². The smallest absolute Gasteiger partial charge is 0.239 e. The molecule has 2 N–H and O–H groups in total. The van der Waals surface area contributed by atoms with E-state index >= 15 is 0 Å². The van der Waals surface area contributed by atoms with Crippen LogP contribution in [-0.4, -0.2) is 79.2 Å². The van der Waals surface area contributed by atoms with Crippen LogP contribution in [0.5, 0.6) is 0 Å². The number of carbonyl (C=O) groups is 7. The van der Waals surface area contributed by atoms with Crippen molar-refractivity contribution < 1.29 is 43.0 Å². The summed E-state index contributed by atoms with van der Waals surface area (Å²) in [6, 6.07) is 7.66. The lowest BCUT2D eigenvalue weighted by atomic mass is 9.96. The molecule has 4 aliphatic rings. The lowest BCUT2D eigenvalue weighted by molar-refractivity contribution is -0.124. The molecule has 6 rings (SSSR count). The molecule has 0 saturated carbocycles. The van der Waals surface area contributed by atoms with Gasteiger partial charge in [-0.25, -0.2) is 0 Å². The third kappa shape index (κ3) is 4.88. The average Bonchev–Trinajstić information content (AvgIpc) is 3.41.